The van der Waals surface area contributed by atoms with Gasteiger partial charge in [0.05, 0.1) is 6.61 Å². The van der Waals surface area contributed by atoms with Gasteiger partial charge in [-0.05, 0) is 41.5 Å². The van der Waals surface area contributed by atoms with E-state index in [2.05, 4.69) is 21.2 Å². The minimum absolute atomic E-state index is 0.0696. The first-order valence-corrected chi connectivity index (χ1v) is 6.74. The van der Waals surface area contributed by atoms with Crippen molar-refractivity contribution in [2.24, 2.45) is 0 Å². The lowest BCUT2D eigenvalue weighted by Crippen LogP contribution is -2.00. The molecule has 0 aliphatic rings. The van der Waals surface area contributed by atoms with Gasteiger partial charge >= 0.3 is 0 Å². The Bertz CT molecular complexity index is 528. The van der Waals surface area contributed by atoms with E-state index in [1.807, 2.05) is 42.5 Å². The Morgan fingerprint density at radius 1 is 1.11 bits per heavy atom. The topological polar surface area (TPSA) is 32.3 Å². The largest absolute Gasteiger partial charge is 0.392 e. The van der Waals surface area contributed by atoms with Crippen molar-refractivity contribution in [1.82, 2.24) is 0 Å². The molecule has 0 amide bonds. The average molecular weight is 327 g/mol. The first-order chi connectivity index (χ1) is 8.69. The van der Waals surface area contributed by atoms with Crippen LogP contribution in [0.4, 0.5) is 5.69 Å². The highest BCUT2D eigenvalue weighted by Crippen LogP contribution is 2.22. The summed E-state index contributed by atoms with van der Waals surface area (Å²) in [5.41, 5.74) is 3.03. The van der Waals surface area contributed by atoms with Crippen molar-refractivity contribution in [1.29, 1.82) is 0 Å². The minimum atomic E-state index is 0.0696. The second-order valence-electron chi connectivity index (χ2n) is 3.94. The SMILES string of the molecule is OCc1ccc(NCc2cc(Cl)ccc2Br)cc1. The van der Waals surface area contributed by atoms with Gasteiger partial charge in [0.1, 0.15) is 0 Å². The molecule has 4 heteroatoms. The van der Waals surface area contributed by atoms with Gasteiger partial charge in [0, 0.05) is 21.7 Å². The van der Waals surface area contributed by atoms with Crippen LogP contribution in [0.2, 0.25) is 5.02 Å². The Morgan fingerprint density at radius 3 is 2.50 bits per heavy atom. The minimum Gasteiger partial charge on any atom is -0.392 e. The molecule has 0 aliphatic carbocycles. The Kier molecular flexibility index (Phi) is 4.64. The monoisotopic (exact) mass is 325 g/mol. The normalized spacial score (nSPS) is 10.4. The van der Waals surface area contributed by atoms with Crippen LogP contribution in [0.15, 0.2) is 46.9 Å². The molecule has 0 radical (unpaired) electrons. The molecule has 0 fully saturated rings. The first kappa shape index (κ1) is 13.4. The lowest BCUT2D eigenvalue weighted by Gasteiger charge is -2.09. The van der Waals surface area contributed by atoms with Gasteiger partial charge in [-0.15, -0.1) is 0 Å². The second-order valence-corrected chi connectivity index (χ2v) is 5.24. The van der Waals surface area contributed by atoms with E-state index in [4.69, 9.17) is 16.7 Å². The summed E-state index contributed by atoms with van der Waals surface area (Å²) in [7, 11) is 0. The molecular formula is C14H13BrClNO. The fraction of sp³-hybridized carbons (Fsp3) is 0.143. The van der Waals surface area contributed by atoms with Crippen LogP contribution in [0.5, 0.6) is 0 Å². The maximum Gasteiger partial charge on any atom is 0.0681 e. The van der Waals surface area contributed by atoms with Gasteiger partial charge < -0.3 is 10.4 Å². The maximum atomic E-state index is 8.96. The third-order valence-electron chi connectivity index (χ3n) is 2.63. The molecule has 0 unspecified atom stereocenters. The van der Waals surface area contributed by atoms with Crippen LogP contribution < -0.4 is 5.32 Å². The van der Waals surface area contributed by atoms with E-state index in [1.54, 1.807) is 0 Å². The highest BCUT2D eigenvalue weighted by Gasteiger charge is 2.01. The number of anilines is 1. The van der Waals surface area contributed by atoms with Crippen LogP contribution in [0.25, 0.3) is 0 Å². The molecule has 0 aliphatic heterocycles. The molecule has 0 aromatic heterocycles. The molecule has 0 bridgehead atoms. The lowest BCUT2D eigenvalue weighted by atomic mass is 10.2. The molecule has 2 aromatic rings. The van der Waals surface area contributed by atoms with Crippen molar-refractivity contribution in [2.45, 2.75) is 13.2 Å². The van der Waals surface area contributed by atoms with E-state index in [9.17, 15) is 0 Å². The molecule has 2 aromatic carbocycles. The Balaban J connectivity index is 2.04. The van der Waals surface area contributed by atoms with E-state index >= 15 is 0 Å². The van der Waals surface area contributed by atoms with Crippen LogP contribution in [0.3, 0.4) is 0 Å². The summed E-state index contributed by atoms with van der Waals surface area (Å²) in [6.07, 6.45) is 0. The number of nitrogens with one attached hydrogen (secondary N) is 1. The predicted octanol–water partition coefficient (Wildman–Crippen LogP) is 4.21. The lowest BCUT2D eigenvalue weighted by molar-refractivity contribution is 0.282. The predicted molar refractivity (Wildman–Crippen MR) is 78.8 cm³/mol. The summed E-state index contributed by atoms with van der Waals surface area (Å²) in [5, 5.41) is 13.0. The quantitative estimate of drug-likeness (QED) is 0.882. The summed E-state index contributed by atoms with van der Waals surface area (Å²) < 4.78 is 1.03. The highest BCUT2D eigenvalue weighted by molar-refractivity contribution is 9.10. The fourth-order valence-electron chi connectivity index (χ4n) is 1.60. The standard InChI is InChI=1S/C14H13BrClNO/c15-14-6-3-12(16)7-11(14)8-17-13-4-1-10(9-18)2-5-13/h1-7,17-18H,8-9H2. The van der Waals surface area contributed by atoms with E-state index in [0.717, 1.165) is 26.3 Å². The van der Waals surface area contributed by atoms with Gasteiger partial charge in [0.2, 0.25) is 0 Å². The summed E-state index contributed by atoms with van der Waals surface area (Å²) in [6, 6.07) is 13.4. The highest BCUT2D eigenvalue weighted by atomic mass is 79.9. The smallest absolute Gasteiger partial charge is 0.0681 e. The molecular weight excluding hydrogens is 314 g/mol. The van der Waals surface area contributed by atoms with Crippen LogP contribution in [-0.2, 0) is 13.2 Å². The van der Waals surface area contributed by atoms with Gasteiger partial charge in [-0.2, -0.15) is 0 Å². The maximum absolute atomic E-state index is 8.96. The molecule has 2 rings (SSSR count). The van der Waals surface area contributed by atoms with Crippen LogP contribution in [-0.4, -0.2) is 5.11 Å². The summed E-state index contributed by atoms with van der Waals surface area (Å²) in [6.45, 7) is 0.764. The van der Waals surface area contributed by atoms with Crippen molar-refractivity contribution in [3.63, 3.8) is 0 Å². The Labute approximate surface area is 120 Å². The van der Waals surface area contributed by atoms with Crippen LogP contribution in [0, 0.1) is 0 Å². The van der Waals surface area contributed by atoms with Crippen molar-refractivity contribution < 1.29 is 5.11 Å². The molecule has 2 nitrogen and oxygen atoms in total. The number of aliphatic hydroxyl groups is 1. The van der Waals surface area contributed by atoms with Crippen LogP contribution in [0.1, 0.15) is 11.1 Å². The van der Waals surface area contributed by atoms with Gasteiger partial charge in [-0.1, -0.05) is 39.7 Å². The first-order valence-electron chi connectivity index (χ1n) is 5.56. The number of halogens is 2. The molecule has 0 saturated carbocycles. The summed E-state index contributed by atoms with van der Waals surface area (Å²) in [4.78, 5) is 0. The van der Waals surface area contributed by atoms with E-state index < -0.39 is 0 Å². The van der Waals surface area contributed by atoms with Crippen molar-refractivity contribution >= 4 is 33.2 Å². The third-order valence-corrected chi connectivity index (χ3v) is 3.64. The second kappa shape index (κ2) is 6.23. The van der Waals surface area contributed by atoms with Crippen molar-refractivity contribution in [2.75, 3.05) is 5.32 Å². The zero-order valence-electron chi connectivity index (χ0n) is 9.66. The molecule has 0 heterocycles. The number of aliphatic hydroxyl groups excluding tert-OH is 1. The Hall–Kier alpha value is -1.03. The number of benzene rings is 2. The van der Waals surface area contributed by atoms with Crippen molar-refractivity contribution in [3.05, 3.63) is 63.1 Å². The number of hydrogen-bond acceptors (Lipinski definition) is 2. The Morgan fingerprint density at radius 2 is 1.83 bits per heavy atom. The molecule has 18 heavy (non-hydrogen) atoms. The van der Waals surface area contributed by atoms with Gasteiger partial charge in [-0.3, -0.25) is 0 Å². The molecule has 0 atom stereocenters. The number of hydrogen-bond donors (Lipinski definition) is 2. The van der Waals surface area contributed by atoms with Gasteiger partial charge in [0.15, 0.2) is 0 Å². The van der Waals surface area contributed by atoms with Crippen LogP contribution >= 0.6 is 27.5 Å². The van der Waals surface area contributed by atoms with E-state index in [-0.39, 0.29) is 6.61 Å². The van der Waals surface area contributed by atoms with E-state index in [1.165, 1.54) is 0 Å². The van der Waals surface area contributed by atoms with Gasteiger partial charge in [0.25, 0.3) is 0 Å². The zero-order chi connectivity index (χ0) is 13.0. The molecule has 2 N–H and O–H groups in total. The summed E-state index contributed by atoms with van der Waals surface area (Å²) >= 11 is 9.46. The zero-order valence-corrected chi connectivity index (χ0v) is 12.0. The van der Waals surface area contributed by atoms with Crippen molar-refractivity contribution in [3.8, 4) is 0 Å². The molecule has 0 saturated heterocycles. The molecule has 94 valence electrons. The number of rotatable bonds is 4. The summed E-state index contributed by atoms with van der Waals surface area (Å²) in [5.74, 6) is 0. The van der Waals surface area contributed by atoms with E-state index in [0.29, 0.717) is 6.54 Å². The average Bonchev–Trinajstić information content (AvgIpc) is 2.40. The van der Waals surface area contributed by atoms with Gasteiger partial charge in [-0.25, -0.2) is 0 Å². The third kappa shape index (κ3) is 3.48. The molecule has 0 spiro atoms. The fourth-order valence-corrected chi connectivity index (χ4v) is 2.19.